The molecule has 0 spiro atoms. The number of piperidine rings is 1. The lowest BCUT2D eigenvalue weighted by atomic mass is 10.1. The van der Waals surface area contributed by atoms with Gasteiger partial charge in [0.2, 0.25) is 0 Å². The van der Waals surface area contributed by atoms with Crippen molar-refractivity contribution in [2.45, 2.75) is 19.3 Å². The fourth-order valence-electron chi connectivity index (χ4n) is 4.84. The van der Waals surface area contributed by atoms with Crippen molar-refractivity contribution in [1.29, 1.82) is 0 Å². The zero-order chi connectivity index (χ0) is 27.2. The number of likely N-dealkylation sites (tertiary alicyclic amines) is 1. The van der Waals surface area contributed by atoms with Gasteiger partial charge in [0.15, 0.2) is 17.3 Å². The minimum Gasteiger partial charge on any atom is -0.493 e. The van der Waals surface area contributed by atoms with Crippen molar-refractivity contribution in [3.05, 3.63) is 60.7 Å². The Morgan fingerprint density at radius 2 is 1.54 bits per heavy atom. The molecule has 0 unspecified atom stereocenters. The maximum Gasteiger partial charge on any atom is 0.162 e. The van der Waals surface area contributed by atoms with Crippen LogP contribution in [-0.2, 0) is 0 Å². The number of nitrogens with one attached hydrogen (secondary N) is 1. The number of hydrogen-bond acceptors (Lipinski definition) is 8. The predicted molar refractivity (Wildman–Crippen MR) is 158 cm³/mol. The summed E-state index contributed by atoms with van der Waals surface area (Å²) in [5.74, 6) is 3.41. The van der Waals surface area contributed by atoms with Gasteiger partial charge in [-0.15, -0.1) is 0 Å². The number of anilines is 3. The van der Waals surface area contributed by atoms with Crippen LogP contribution in [0.5, 0.6) is 17.2 Å². The summed E-state index contributed by atoms with van der Waals surface area (Å²) in [7, 11) is 7.30. The number of fused-ring (bicyclic) bond motifs is 1. The van der Waals surface area contributed by atoms with Gasteiger partial charge in [-0.3, -0.25) is 4.90 Å². The highest BCUT2D eigenvalue weighted by molar-refractivity contribution is 5.94. The van der Waals surface area contributed by atoms with Gasteiger partial charge in [0.25, 0.3) is 0 Å². The van der Waals surface area contributed by atoms with Crippen LogP contribution in [0.15, 0.2) is 60.7 Å². The molecule has 0 saturated carbocycles. The lowest BCUT2D eigenvalue weighted by Gasteiger charge is -2.26. The molecule has 1 aliphatic heterocycles. The van der Waals surface area contributed by atoms with Gasteiger partial charge in [-0.1, -0.05) is 6.42 Å². The summed E-state index contributed by atoms with van der Waals surface area (Å²) in [6, 6.07) is 20.0. The van der Waals surface area contributed by atoms with Gasteiger partial charge in [-0.25, -0.2) is 9.97 Å². The third kappa shape index (κ3) is 6.34. The van der Waals surface area contributed by atoms with Crippen LogP contribution >= 0.6 is 0 Å². The van der Waals surface area contributed by atoms with Crippen molar-refractivity contribution in [3.8, 4) is 28.6 Å². The van der Waals surface area contributed by atoms with Gasteiger partial charge in [-0.2, -0.15) is 0 Å². The number of benzene rings is 3. The van der Waals surface area contributed by atoms with Crippen LogP contribution in [0.3, 0.4) is 0 Å². The van der Waals surface area contributed by atoms with Gasteiger partial charge < -0.3 is 24.4 Å². The Morgan fingerprint density at radius 1 is 0.846 bits per heavy atom. The van der Waals surface area contributed by atoms with Crippen molar-refractivity contribution in [1.82, 2.24) is 14.9 Å². The molecule has 4 aromatic rings. The van der Waals surface area contributed by atoms with E-state index in [0.717, 1.165) is 40.1 Å². The highest BCUT2D eigenvalue weighted by Gasteiger charge is 2.15. The second kappa shape index (κ2) is 12.2. The SMILES string of the molecule is COc1cc2nc(-c3ccc(N(C)C)cc3)nc(Nc3ccc(OCCN4CCCCC4)cc3)c2cc1OC. The highest BCUT2D eigenvalue weighted by atomic mass is 16.5. The van der Waals surface area contributed by atoms with Crippen molar-refractivity contribution in [3.63, 3.8) is 0 Å². The molecule has 0 bridgehead atoms. The summed E-state index contributed by atoms with van der Waals surface area (Å²) >= 11 is 0. The molecule has 0 aliphatic carbocycles. The first-order valence-corrected chi connectivity index (χ1v) is 13.5. The van der Waals surface area contributed by atoms with E-state index in [0.29, 0.717) is 29.7 Å². The molecule has 0 atom stereocenters. The van der Waals surface area contributed by atoms with Gasteiger partial charge in [0, 0.05) is 49.0 Å². The maximum absolute atomic E-state index is 6.01. The van der Waals surface area contributed by atoms with Crippen LogP contribution in [0.25, 0.3) is 22.3 Å². The van der Waals surface area contributed by atoms with E-state index in [9.17, 15) is 0 Å². The minimum atomic E-state index is 0.620. The van der Waals surface area contributed by atoms with E-state index >= 15 is 0 Å². The van der Waals surface area contributed by atoms with E-state index < -0.39 is 0 Å². The molecule has 5 rings (SSSR count). The topological polar surface area (TPSA) is 72.0 Å². The van der Waals surface area contributed by atoms with Crippen LogP contribution in [0, 0.1) is 0 Å². The molecule has 0 radical (unpaired) electrons. The van der Waals surface area contributed by atoms with Gasteiger partial charge in [-0.05, 0) is 80.5 Å². The molecular weight excluding hydrogens is 490 g/mol. The van der Waals surface area contributed by atoms with E-state index in [4.69, 9.17) is 24.2 Å². The molecule has 204 valence electrons. The molecule has 39 heavy (non-hydrogen) atoms. The summed E-state index contributed by atoms with van der Waals surface area (Å²) < 4.78 is 17.1. The average molecular weight is 528 g/mol. The second-order valence-corrected chi connectivity index (χ2v) is 9.96. The molecule has 2 heterocycles. The standard InChI is InChI=1S/C31H37N5O3/c1-35(2)24-12-8-22(9-13-24)30-33-27-21-29(38-4)28(37-3)20-26(27)31(34-30)32-23-10-14-25(15-11-23)39-19-18-36-16-6-5-7-17-36/h8-15,20-21H,5-7,16-19H2,1-4H3,(H,32,33,34). The first-order chi connectivity index (χ1) is 19.0. The number of hydrogen-bond donors (Lipinski definition) is 1. The van der Waals surface area contributed by atoms with E-state index in [-0.39, 0.29) is 0 Å². The number of rotatable bonds is 10. The highest BCUT2D eigenvalue weighted by Crippen LogP contribution is 2.36. The molecule has 3 aromatic carbocycles. The zero-order valence-corrected chi connectivity index (χ0v) is 23.2. The normalized spacial score (nSPS) is 13.7. The summed E-state index contributed by atoms with van der Waals surface area (Å²) in [5, 5.41) is 4.33. The van der Waals surface area contributed by atoms with E-state index in [1.165, 1.54) is 32.4 Å². The number of nitrogens with zero attached hydrogens (tertiary/aromatic N) is 4. The lowest BCUT2D eigenvalue weighted by Crippen LogP contribution is -2.33. The summed E-state index contributed by atoms with van der Waals surface area (Å²) in [5.41, 5.74) is 3.71. The number of methoxy groups -OCH3 is 2. The largest absolute Gasteiger partial charge is 0.493 e. The van der Waals surface area contributed by atoms with Crippen molar-refractivity contribution >= 4 is 28.1 Å². The Morgan fingerprint density at radius 3 is 2.21 bits per heavy atom. The molecule has 1 fully saturated rings. The Balaban J connectivity index is 1.40. The first-order valence-electron chi connectivity index (χ1n) is 13.5. The van der Waals surface area contributed by atoms with Gasteiger partial charge in [0.05, 0.1) is 19.7 Å². The van der Waals surface area contributed by atoms with Crippen LogP contribution in [0.1, 0.15) is 19.3 Å². The molecule has 1 saturated heterocycles. The first kappa shape index (κ1) is 26.6. The molecule has 8 heteroatoms. The lowest BCUT2D eigenvalue weighted by molar-refractivity contribution is 0.183. The van der Waals surface area contributed by atoms with Crippen LogP contribution in [0.4, 0.5) is 17.2 Å². The fraction of sp³-hybridized carbons (Fsp3) is 0.355. The number of aromatic nitrogens is 2. The Labute approximate surface area is 230 Å². The fourth-order valence-corrected chi connectivity index (χ4v) is 4.84. The summed E-state index contributed by atoms with van der Waals surface area (Å²) in [6.07, 6.45) is 3.93. The third-order valence-corrected chi connectivity index (χ3v) is 7.08. The molecule has 8 nitrogen and oxygen atoms in total. The van der Waals surface area contributed by atoms with E-state index in [2.05, 4.69) is 27.2 Å². The average Bonchev–Trinajstić information content (AvgIpc) is 2.98. The summed E-state index contributed by atoms with van der Waals surface area (Å²) in [6.45, 7) is 4.02. The molecule has 1 N–H and O–H groups in total. The Hall–Kier alpha value is -4.04. The van der Waals surface area contributed by atoms with Crippen LogP contribution in [-0.4, -0.2) is 69.4 Å². The minimum absolute atomic E-state index is 0.620. The summed E-state index contributed by atoms with van der Waals surface area (Å²) in [4.78, 5) is 14.3. The molecule has 1 aromatic heterocycles. The second-order valence-electron chi connectivity index (χ2n) is 9.96. The molecule has 0 amide bonds. The van der Waals surface area contributed by atoms with Gasteiger partial charge in [0.1, 0.15) is 18.2 Å². The van der Waals surface area contributed by atoms with E-state index in [1.807, 2.05) is 62.6 Å². The third-order valence-electron chi connectivity index (χ3n) is 7.08. The quantitative estimate of drug-likeness (QED) is 0.270. The zero-order valence-electron chi connectivity index (χ0n) is 23.2. The number of ether oxygens (including phenoxy) is 3. The Bertz CT molecular complexity index is 1380. The molecule has 1 aliphatic rings. The van der Waals surface area contributed by atoms with Crippen molar-refractivity contribution in [2.24, 2.45) is 0 Å². The van der Waals surface area contributed by atoms with Crippen LogP contribution in [0.2, 0.25) is 0 Å². The van der Waals surface area contributed by atoms with E-state index in [1.54, 1.807) is 14.2 Å². The van der Waals surface area contributed by atoms with Crippen molar-refractivity contribution < 1.29 is 14.2 Å². The van der Waals surface area contributed by atoms with Gasteiger partial charge >= 0.3 is 0 Å². The Kier molecular flexibility index (Phi) is 8.32. The van der Waals surface area contributed by atoms with Crippen molar-refractivity contribution in [2.75, 3.05) is 64.8 Å². The maximum atomic E-state index is 6.01. The smallest absolute Gasteiger partial charge is 0.162 e. The predicted octanol–water partition coefficient (Wildman–Crippen LogP) is 5.99. The van der Waals surface area contributed by atoms with Crippen LogP contribution < -0.4 is 24.4 Å². The monoisotopic (exact) mass is 527 g/mol. The molecular formula is C31H37N5O3.